The zero-order valence-electron chi connectivity index (χ0n) is 13.7. The van der Waals surface area contributed by atoms with Crippen molar-refractivity contribution in [2.75, 3.05) is 16.8 Å². The number of hydrogen-bond donors (Lipinski definition) is 1. The first-order valence-corrected chi connectivity index (χ1v) is 9.48. The van der Waals surface area contributed by atoms with Crippen LogP contribution < -0.4 is 10.2 Å². The van der Waals surface area contributed by atoms with E-state index in [1.165, 1.54) is 17.4 Å². The van der Waals surface area contributed by atoms with Crippen LogP contribution in [-0.2, 0) is 11.8 Å². The Morgan fingerprint density at radius 2 is 2.23 bits per heavy atom. The highest BCUT2D eigenvalue weighted by molar-refractivity contribution is 9.10. The zero-order valence-corrected chi connectivity index (χ0v) is 16.1. The predicted octanol–water partition coefficient (Wildman–Crippen LogP) is 3.06. The number of hydrogen-bond acceptors (Lipinski definition) is 6. The molecule has 0 bridgehead atoms. The van der Waals surface area contributed by atoms with Crippen LogP contribution in [0.2, 0.25) is 0 Å². The summed E-state index contributed by atoms with van der Waals surface area (Å²) in [6, 6.07) is 4.27. The van der Waals surface area contributed by atoms with E-state index in [9.17, 15) is 9.18 Å². The third-order valence-corrected chi connectivity index (χ3v) is 5.47. The van der Waals surface area contributed by atoms with Crippen molar-refractivity contribution >= 4 is 44.0 Å². The molecule has 3 aromatic rings. The van der Waals surface area contributed by atoms with E-state index in [2.05, 4.69) is 36.5 Å². The minimum absolute atomic E-state index is 0.0385. The van der Waals surface area contributed by atoms with Crippen molar-refractivity contribution in [2.24, 2.45) is 7.05 Å². The van der Waals surface area contributed by atoms with E-state index < -0.39 is 0 Å². The predicted molar refractivity (Wildman–Crippen MR) is 101 cm³/mol. The first-order chi connectivity index (χ1) is 12.5. The number of nitrogens with zero attached hydrogens (tertiary/aromatic N) is 5. The Bertz CT molecular complexity index is 973. The Balaban J connectivity index is 1.49. The van der Waals surface area contributed by atoms with Gasteiger partial charge in [-0.2, -0.15) is 5.10 Å². The normalized spacial score (nSPS) is 17.1. The molecule has 1 atom stereocenters. The lowest BCUT2D eigenvalue weighted by Gasteiger charge is -2.14. The highest BCUT2D eigenvalue weighted by Gasteiger charge is 2.33. The average molecular weight is 437 g/mol. The number of nitrogens with one attached hydrogen (secondary N) is 1. The van der Waals surface area contributed by atoms with Gasteiger partial charge in [0.05, 0.1) is 11.9 Å². The second-order valence-corrected chi connectivity index (χ2v) is 7.78. The van der Waals surface area contributed by atoms with E-state index in [4.69, 9.17) is 0 Å². The molecule has 1 amide bonds. The minimum Gasteiger partial charge on any atom is -0.348 e. The molecule has 3 heterocycles. The fourth-order valence-electron chi connectivity index (χ4n) is 2.82. The van der Waals surface area contributed by atoms with Crippen molar-refractivity contribution < 1.29 is 9.18 Å². The van der Waals surface area contributed by atoms with Crippen LogP contribution in [0.25, 0.3) is 10.6 Å². The van der Waals surface area contributed by atoms with Gasteiger partial charge in [-0.3, -0.25) is 9.48 Å². The molecule has 1 N–H and O–H groups in total. The molecule has 1 aliphatic heterocycles. The van der Waals surface area contributed by atoms with Crippen molar-refractivity contribution in [3.8, 4) is 10.6 Å². The molecule has 2 aromatic heterocycles. The molecule has 1 aliphatic rings. The summed E-state index contributed by atoms with van der Waals surface area (Å²) in [5, 5.41) is 16.3. The molecular formula is C16H14BrFN6OS. The van der Waals surface area contributed by atoms with Gasteiger partial charge in [-0.05, 0) is 24.6 Å². The molecule has 26 heavy (non-hydrogen) atoms. The Hall–Kier alpha value is -2.33. The molecule has 1 aromatic carbocycles. The smallest absolute Gasteiger partial charge is 0.249 e. The quantitative estimate of drug-likeness (QED) is 0.679. The van der Waals surface area contributed by atoms with E-state index in [-0.39, 0.29) is 17.8 Å². The summed E-state index contributed by atoms with van der Waals surface area (Å²) in [6.07, 6.45) is 4.12. The van der Waals surface area contributed by atoms with Crippen molar-refractivity contribution in [3.05, 3.63) is 40.9 Å². The lowest BCUT2D eigenvalue weighted by atomic mass is 10.2. The van der Waals surface area contributed by atoms with E-state index in [0.717, 1.165) is 10.2 Å². The number of carbonyl (C=O) groups excluding carboxylic acids is 1. The summed E-state index contributed by atoms with van der Waals surface area (Å²) in [4.78, 5) is 14.3. The fourth-order valence-corrected chi connectivity index (χ4v) is 3.99. The molecule has 134 valence electrons. The number of amides is 1. The maximum Gasteiger partial charge on any atom is 0.249 e. The lowest BCUT2D eigenvalue weighted by molar-refractivity contribution is -0.117. The Morgan fingerprint density at radius 3 is 3.00 bits per heavy atom. The molecule has 0 aliphatic carbocycles. The fraction of sp³-hybridized carbons (Fsp3) is 0.250. The highest BCUT2D eigenvalue weighted by Crippen LogP contribution is 2.31. The summed E-state index contributed by atoms with van der Waals surface area (Å²) in [7, 11) is 1.81. The second kappa shape index (κ2) is 6.76. The summed E-state index contributed by atoms with van der Waals surface area (Å²) in [5.74, 6) is -0.404. The van der Waals surface area contributed by atoms with Gasteiger partial charge in [-0.1, -0.05) is 27.3 Å². The first kappa shape index (κ1) is 17.1. The van der Waals surface area contributed by atoms with Gasteiger partial charge in [-0.25, -0.2) is 4.39 Å². The van der Waals surface area contributed by atoms with Gasteiger partial charge in [0, 0.05) is 29.8 Å². The van der Waals surface area contributed by atoms with E-state index in [1.54, 1.807) is 34.1 Å². The van der Waals surface area contributed by atoms with Gasteiger partial charge in [0.1, 0.15) is 11.9 Å². The molecular weight excluding hydrogens is 423 g/mol. The summed E-state index contributed by atoms with van der Waals surface area (Å²) < 4.78 is 16.4. The SMILES string of the molecule is Cn1cc(N2CCC(Nc3nnc(-c4cc(Br)ccc4F)s3)C2=O)cn1. The summed E-state index contributed by atoms with van der Waals surface area (Å²) >= 11 is 4.54. The van der Waals surface area contributed by atoms with Gasteiger partial charge in [-0.15, -0.1) is 10.2 Å². The molecule has 4 rings (SSSR count). The Labute approximate surface area is 161 Å². The number of aromatic nitrogens is 4. The standard InChI is InChI=1S/C16H14BrFN6OS/c1-23-8-10(7-19-23)24-5-4-13(15(24)25)20-16-22-21-14(26-16)11-6-9(17)2-3-12(11)18/h2-3,6-8,13H,4-5H2,1H3,(H,20,22). The number of aryl methyl sites for hydroxylation is 1. The van der Waals surface area contributed by atoms with Crippen LogP contribution in [0.1, 0.15) is 6.42 Å². The van der Waals surface area contributed by atoms with Gasteiger partial charge in [0.15, 0.2) is 5.01 Å². The van der Waals surface area contributed by atoms with Crippen molar-refractivity contribution in [2.45, 2.75) is 12.5 Å². The molecule has 0 spiro atoms. The van der Waals surface area contributed by atoms with Crippen LogP contribution >= 0.6 is 27.3 Å². The van der Waals surface area contributed by atoms with Crippen LogP contribution in [0, 0.1) is 5.82 Å². The molecule has 1 saturated heterocycles. The summed E-state index contributed by atoms with van der Waals surface area (Å²) in [6.45, 7) is 0.605. The summed E-state index contributed by atoms with van der Waals surface area (Å²) in [5.41, 5.74) is 1.15. The van der Waals surface area contributed by atoms with Crippen LogP contribution in [-0.4, -0.2) is 38.5 Å². The van der Waals surface area contributed by atoms with Gasteiger partial charge in [0.25, 0.3) is 0 Å². The molecule has 0 radical (unpaired) electrons. The number of benzene rings is 1. The van der Waals surface area contributed by atoms with E-state index >= 15 is 0 Å². The zero-order chi connectivity index (χ0) is 18.3. The van der Waals surface area contributed by atoms with Crippen molar-refractivity contribution in [3.63, 3.8) is 0 Å². The monoisotopic (exact) mass is 436 g/mol. The van der Waals surface area contributed by atoms with Gasteiger partial charge < -0.3 is 10.2 Å². The second-order valence-electron chi connectivity index (χ2n) is 5.88. The van der Waals surface area contributed by atoms with Gasteiger partial charge in [0.2, 0.25) is 11.0 Å². The van der Waals surface area contributed by atoms with Crippen molar-refractivity contribution in [1.82, 2.24) is 20.0 Å². The van der Waals surface area contributed by atoms with Crippen LogP contribution in [0.3, 0.4) is 0 Å². The average Bonchev–Trinajstić information content (AvgIpc) is 3.32. The first-order valence-electron chi connectivity index (χ1n) is 7.87. The van der Waals surface area contributed by atoms with Crippen molar-refractivity contribution in [1.29, 1.82) is 0 Å². The minimum atomic E-state index is -0.386. The Kier molecular flexibility index (Phi) is 4.45. The third-order valence-electron chi connectivity index (χ3n) is 4.09. The topological polar surface area (TPSA) is 75.9 Å². The number of carbonyl (C=O) groups is 1. The maximum absolute atomic E-state index is 14.0. The molecule has 10 heteroatoms. The van der Waals surface area contributed by atoms with Gasteiger partial charge >= 0.3 is 0 Å². The van der Waals surface area contributed by atoms with E-state index in [1.807, 2.05) is 7.05 Å². The number of anilines is 2. The molecule has 7 nitrogen and oxygen atoms in total. The highest BCUT2D eigenvalue weighted by atomic mass is 79.9. The number of halogens is 2. The third kappa shape index (κ3) is 3.21. The molecule has 0 saturated carbocycles. The lowest BCUT2D eigenvalue weighted by Crippen LogP contribution is -2.33. The largest absolute Gasteiger partial charge is 0.348 e. The number of rotatable bonds is 4. The maximum atomic E-state index is 14.0. The van der Waals surface area contributed by atoms with Crippen LogP contribution in [0.15, 0.2) is 35.1 Å². The molecule has 1 fully saturated rings. The van der Waals surface area contributed by atoms with Crippen LogP contribution in [0.4, 0.5) is 15.2 Å². The van der Waals surface area contributed by atoms with E-state index in [0.29, 0.717) is 28.7 Å². The molecule has 1 unspecified atom stereocenters. The Morgan fingerprint density at radius 1 is 1.38 bits per heavy atom. The van der Waals surface area contributed by atoms with Crippen LogP contribution in [0.5, 0.6) is 0 Å².